The summed E-state index contributed by atoms with van der Waals surface area (Å²) in [5.74, 6) is -0.0424. The SMILES string of the molecule is COc1ccc(NC(=O)CNC(C)c2cccc3ccccc23)cc1S(=O)(=O)N1CCOCC1. The van der Waals surface area contributed by atoms with Crippen LogP contribution in [0.15, 0.2) is 65.6 Å². The zero-order valence-corrected chi connectivity index (χ0v) is 20.1. The van der Waals surface area contributed by atoms with Gasteiger partial charge in [-0.05, 0) is 41.5 Å². The average Bonchev–Trinajstić information content (AvgIpc) is 2.87. The van der Waals surface area contributed by atoms with Crippen molar-refractivity contribution in [1.29, 1.82) is 0 Å². The Labute approximate surface area is 199 Å². The van der Waals surface area contributed by atoms with Crippen LogP contribution in [-0.2, 0) is 19.6 Å². The van der Waals surface area contributed by atoms with E-state index in [0.717, 1.165) is 16.3 Å². The summed E-state index contributed by atoms with van der Waals surface area (Å²) in [6, 6.07) is 18.8. The Morgan fingerprint density at radius 1 is 1.09 bits per heavy atom. The number of carbonyl (C=O) groups excluding carboxylic acids is 1. The van der Waals surface area contributed by atoms with Crippen LogP contribution in [-0.4, -0.2) is 58.6 Å². The zero-order chi connectivity index (χ0) is 24.1. The number of carbonyl (C=O) groups is 1. The predicted octanol–water partition coefficient (Wildman–Crippen LogP) is 3.16. The van der Waals surface area contributed by atoms with Gasteiger partial charge in [-0.2, -0.15) is 4.31 Å². The van der Waals surface area contributed by atoms with Gasteiger partial charge in [0.25, 0.3) is 0 Å². The Morgan fingerprint density at radius 3 is 2.59 bits per heavy atom. The fourth-order valence-corrected chi connectivity index (χ4v) is 5.66. The van der Waals surface area contributed by atoms with Gasteiger partial charge in [0.2, 0.25) is 15.9 Å². The van der Waals surface area contributed by atoms with Crippen LogP contribution in [0.4, 0.5) is 5.69 Å². The first kappa shape index (κ1) is 24.2. The number of hydrogen-bond donors (Lipinski definition) is 2. The molecule has 3 aromatic rings. The zero-order valence-electron chi connectivity index (χ0n) is 19.3. The molecule has 1 saturated heterocycles. The van der Waals surface area contributed by atoms with Crippen molar-refractivity contribution in [3.8, 4) is 5.75 Å². The smallest absolute Gasteiger partial charge is 0.246 e. The predicted molar refractivity (Wildman–Crippen MR) is 132 cm³/mol. The summed E-state index contributed by atoms with van der Waals surface area (Å²) < 4.78 is 38.2. The van der Waals surface area contributed by atoms with Crippen molar-refractivity contribution in [2.75, 3.05) is 45.3 Å². The second-order valence-electron chi connectivity index (χ2n) is 8.10. The molecule has 0 radical (unpaired) electrons. The van der Waals surface area contributed by atoms with Gasteiger partial charge in [-0.3, -0.25) is 4.79 Å². The number of ether oxygens (including phenoxy) is 2. The molecule has 1 atom stereocenters. The van der Waals surface area contributed by atoms with E-state index in [1.54, 1.807) is 12.1 Å². The lowest BCUT2D eigenvalue weighted by Crippen LogP contribution is -2.40. The van der Waals surface area contributed by atoms with Crippen molar-refractivity contribution in [2.45, 2.75) is 17.9 Å². The molecule has 0 saturated carbocycles. The van der Waals surface area contributed by atoms with Crippen molar-refractivity contribution in [2.24, 2.45) is 0 Å². The number of sulfonamides is 1. The molecule has 8 nitrogen and oxygen atoms in total. The fraction of sp³-hybridized carbons (Fsp3) is 0.320. The highest BCUT2D eigenvalue weighted by Crippen LogP contribution is 2.30. The lowest BCUT2D eigenvalue weighted by atomic mass is 10.00. The van der Waals surface area contributed by atoms with Gasteiger partial charge in [0.05, 0.1) is 26.9 Å². The van der Waals surface area contributed by atoms with Crippen molar-refractivity contribution in [3.05, 3.63) is 66.2 Å². The minimum absolute atomic E-state index is 0.0202. The fourth-order valence-electron chi connectivity index (χ4n) is 4.07. The summed E-state index contributed by atoms with van der Waals surface area (Å²) in [5.41, 5.74) is 1.49. The molecule has 1 fully saturated rings. The molecule has 1 heterocycles. The van der Waals surface area contributed by atoms with Crippen LogP contribution in [0.5, 0.6) is 5.75 Å². The summed E-state index contributed by atoms with van der Waals surface area (Å²) in [6.45, 7) is 3.32. The largest absolute Gasteiger partial charge is 0.495 e. The van der Waals surface area contributed by atoms with E-state index < -0.39 is 10.0 Å². The van der Waals surface area contributed by atoms with E-state index in [1.807, 2.05) is 31.2 Å². The van der Waals surface area contributed by atoms with Gasteiger partial charge < -0.3 is 20.1 Å². The van der Waals surface area contributed by atoms with Crippen LogP contribution in [0.1, 0.15) is 18.5 Å². The number of fused-ring (bicyclic) bond motifs is 1. The maximum Gasteiger partial charge on any atom is 0.246 e. The van der Waals surface area contributed by atoms with E-state index >= 15 is 0 Å². The Bertz CT molecular complexity index is 1270. The maximum absolute atomic E-state index is 13.1. The Kier molecular flexibility index (Phi) is 7.47. The van der Waals surface area contributed by atoms with E-state index in [0.29, 0.717) is 18.9 Å². The molecule has 1 aliphatic heterocycles. The molecule has 1 aliphatic rings. The number of amides is 1. The van der Waals surface area contributed by atoms with Crippen molar-refractivity contribution in [3.63, 3.8) is 0 Å². The van der Waals surface area contributed by atoms with Gasteiger partial charge in [0.15, 0.2) is 0 Å². The number of hydrogen-bond acceptors (Lipinski definition) is 6. The van der Waals surface area contributed by atoms with Crippen LogP contribution in [0, 0.1) is 0 Å². The van der Waals surface area contributed by atoms with E-state index in [1.165, 1.54) is 17.5 Å². The van der Waals surface area contributed by atoms with Crippen molar-refractivity contribution >= 4 is 32.4 Å². The Balaban J connectivity index is 1.45. The standard InChI is InChI=1S/C25H29N3O5S/c1-18(21-9-5-7-19-6-3-4-8-22(19)21)26-17-25(29)27-20-10-11-23(32-2)24(16-20)34(30,31)28-12-14-33-15-13-28/h3-11,16,18,26H,12-15,17H2,1-2H3,(H,27,29). The number of morpholine rings is 1. The van der Waals surface area contributed by atoms with Gasteiger partial charge in [-0.15, -0.1) is 0 Å². The first-order valence-corrected chi connectivity index (χ1v) is 12.6. The number of nitrogens with one attached hydrogen (secondary N) is 2. The molecule has 1 amide bonds. The summed E-state index contributed by atoms with van der Waals surface area (Å²) >= 11 is 0. The molecule has 0 aromatic heterocycles. The molecule has 4 rings (SSSR count). The van der Waals surface area contributed by atoms with Crippen LogP contribution < -0.4 is 15.4 Å². The quantitative estimate of drug-likeness (QED) is 0.511. The average molecular weight is 484 g/mol. The molecule has 3 aromatic carbocycles. The van der Waals surface area contributed by atoms with Gasteiger partial charge in [0, 0.05) is 24.8 Å². The van der Waals surface area contributed by atoms with Crippen LogP contribution in [0.25, 0.3) is 10.8 Å². The van der Waals surface area contributed by atoms with E-state index in [-0.39, 0.29) is 42.2 Å². The lowest BCUT2D eigenvalue weighted by Gasteiger charge is -2.26. The van der Waals surface area contributed by atoms with Gasteiger partial charge in [-0.25, -0.2) is 8.42 Å². The second-order valence-corrected chi connectivity index (χ2v) is 10.0. The molecule has 180 valence electrons. The molecular weight excluding hydrogens is 454 g/mol. The van der Waals surface area contributed by atoms with E-state index in [2.05, 4.69) is 28.8 Å². The van der Waals surface area contributed by atoms with Gasteiger partial charge in [0.1, 0.15) is 10.6 Å². The van der Waals surface area contributed by atoms with E-state index in [9.17, 15) is 13.2 Å². The topological polar surface area (TPSA) is 97.0 Å². The molecule has 0 spiro atoms. The molecule has 2 N–H and O–H groups in total. The highest BCUT2D eigenvalue weighted by Gasteiger charge is 2.29. The third kappa shape index (κ3) is 5.23. The molecule has 9 heteroatoms. The monoisotopic (exact) mass is 483 g/mol. The highest BCUT2D eigenvalue weighted by molar-refractivity contribution is 7.89. The number of anilines is 1. The minimum Gasteiger partial charge on any atom is -0.495 e. The summed E-state index contributed by atoms with van der Waals surface area (Å²) in [4.78, 5) is 12.7. The first-order chi connectivity index (χ1) is 16.4. The Hall–Kier alpha value is -2.98. The first-order valence-electron chi connectivity index (χ1n) is 11.2. The normalized spacial score (nSPS) is 15.7. The van der Waals surface area contributed by atoms with Crippen molar-refractivity contribution < 1.29 is 22.7 Å². The third-order valence-corrected chi connectivity index (χ3v) is 7.81. The molecule has 34 heavy (non-hydrogen) atoms. The molecular formula is C25H29N3O5S. The lowest BCUT2D eigenvalue weighted by molar-refractivity contribution is -0.115. The van der Waals surface area contributed by atoms with Crippen LogP contribution >= 0.6 is 0 Å². The molecule has 0 bridgehead atoms. The van der Waals surface area contributed by atoms with Crippen molar-refractivity contribution in [1.82, 2.24) is 9.62 Å². The molecule has 1 unspecified atom stereocenters. The maximum atomic E-state index is 13.1. The van der Waals surface area contributed by atoms with Crippen LogP contribution in [0.2, 0.25) is 0 Å². The summed E-state index contributed by atoms with van der Waals surface area (Å²) in [6.07, 6.45) is 0. The summed E-state index contributed by atoms with van der Waals surface area (Å²) in [7, 11) is -2.36. The summed E-state index contributed by atoms with van der Waals surface area (Å²) in [5, 5.41) is 8.32. The molecule has 0 aliphatic carbocycles. The third-order valence-electron chi connectivity index (χ3n) is 5.89. The Morgan fingerprint density at radius 2 is 1.82 bits per heavy atom. The van der Waals surface area contributed by atoms with E-state index in [4.69, 9.17) is 9.47 Å². The van der Waals surface area contributed by atoms with Gasteiger partial charge in [-0.1, -0.05) is 42.5 Å². The number of benzene rings is 3. The highest BCUT2D eigenvalue weighted by atomic mass is 32.2. The number of rotatable bonds is 8. The van der Waals surface area contributed by atoms with Gasteiger partial charge >= 0.3 is 0 Å². The second kappa shape index (κ2) is 10.5. The number of methoxy groups -OCH3 is 1. The number of nitrogens with zero attached hydrogens (tertiary/aromatic N) is 1. The minimum atomic E-state index is -3.78. The van der Waals surface area contributed by atoms with Crippen LogP contribution in [0.3, 0.4) is 0 Å².